The number of rotatable bonds is 0. The fraction of sp³-hybridized carbons (Fsp3) is 0.333. The van der Waals surface area contributed by atoms with Gasteiger partial charge in [0, 0.05) is 11.1 Å². The predicted molar refractivity (Wildman–Crippen MR) is 57.2 cm³/mol. The molecule has 0 atom stereocenters. The van der Waals surface area contributed by atoms with Gasteiger partial charge in [-0.1, -0.05) is 23.2 Å². The monoisotopic (exact) mass is 229 g/mol. The van der Waals surface area contributed by atoms with Crippen LogP contribution in [0.4, 0.5) is 0 Å². The lowest BCUT2D eigenvalue weighted by Gasteiger charge is -2.02. The summed E-state index contributed by atoms with van der Waals surface area (Å²) in [5.74, 6) is 0. The van der Waals surface area contributed by atoms with Gasteiger partial charge in [-0.3, -0.25) is 0 Å². The van der Waals surface area contributed by atoms with E-state index < -0.39 is 0 Å². The molecule has 74 valence electrons. The van der Waals surface area contributed by atoms with E-state index in [1.54, 1.807) is 4.52 Å². The molecule has 0 aliphatic carbocycles. The Bertz CT molecular complexity index is 516. The molecule has 0 aliphatic heterocycles. The average molecular weight is 230 g/mol. The maximum atomic E-state index is 6.09. The van der Waals surface area contributed by atoms with Crippen LogP contribution in [0.15, 0.2) is 0 Å². The van der Waals surface area contributed by atoms with E-state index in [-0.39, 0.29) is 0 Å². The van der Waals surface area contributed by atoms with E-state index >= 15 is 0 Å². The number of halogens is 2. The smallest absolute Gasteiger partial charge is 0.161 e. The molecule has 5 heteroatoms. The zero-order valence-electron chi connectivity index (χ0n) is 8.10. The Kier molecular flexibility index (Phi) is 2.16. The summed E-state index contributed by atoms with van der Waals surface area (Å²) in [5.41, 5.74) is 3.40. The van der Waals surface area contributed by atoms with Crippen LogP contribution >= 0.6 is 23.2 Å². The minimum Gasteiger partial charge on any atom is -0.216 e. The van der Waals surface area contributed by atoms with E-state index in [4.69, 9.17) is 23.2 Å². The second-order valence-corrected chi connectivity index (χ2v) is 3.98. The van der Waals surface area contributed by atoms with Gasteiger partial charge in [-0.2, -0.15) is 5.10 Å². The number of aryl methyl sites for hydroxylation is 2. The zero-order chi connectivity index (χ0) is 10.5. The molecule has 0 aliphatic rings. The molecule has 0 spiro atoms. The molecule has 0 saturated heterocycles. The first-order chi connectivity index (χ1) is 6.52. The molecular formula is C9H9Cl2N3. The van der Waals surface area contributed by atoms with Gasteiger partial charge < -0.3 is 0 Å². The molecule has 0 amide bonds. The van der Waals surface area contributed by atoms with Crippen molar-refractivity contribution in [2.24, 2.45) is 0 Å². The quantitative estimate of drug-likeness (QED) is 0.651. The molecule has 2 rings (SSSR count). The molecule has 2 heterocycles. The van der Waals surface area contributed by atoms with Crippen molar-refractivity contribution in [1.82, 2.24) is 14.6 Å². The van der Waals surface area contributed by atoms with Crippen molar-refractivity contribution in [1.29, 1.82) is 0 Å². The third kappa shape index (κ3) is 1.20. The van der Waals surface area contributed by atoms with Gasteiger partial charge in [0.25, 0.3) is 0 Å². The van der Waals surface area contributed by atoms with Gasteiger partial charge in [-0.15, -0.1) is 0 Å². The van der Waals surface area contributed by atoms with Gasteiger partial charge in [0.05, 0.1) is 5.69 Å². The Morgan fingerprint density at radius 2 is 1.71 bits per heavy atom. The highest BCUT2D eigenvalue weighted by atomic mass is 35.5. The number of fused-ring (bicyclic) bond motifs is 1. The lowest BCUT2D eigenvalue weighted by molar-refractivity contribution is 0.908. The van der Waals surface area contributed by atoms with Crippen LogP contribution in [0.2, 0.25) is 10.3 Å². The molecule has 0 unspecified atom stereocenters. The average Bonchev–Trinajstić information content (AvgIpc) is 2.42. The van der Waals surface area contributed by atoms with Crippen LogP contribution in [0, 0.1) is 20.8 Å². The normalized spacial score (nSPS) is 11.2. The van der Waals surface area contributed by atoms with Crippen LogP contribution in [0.1, 0.15) is 16.8 Å². The van der Waals surface area contributed by atoms with Gasteiger partial charge in [-0.25, -0.2) is 9.50 Å². The Labute approximate surface area is 91.7 Å². The summed E-state index contributed by atoms with van der Waals surface area (Å²) in [6.45, 7) is 5.69. The van der Waals surface area contributed by atoms with Crippen LogP contribution in [0.3, 0.4) is 0 Å². The minimum atomic E-state index is 0.436. The van der Waals surface area contributed by atoms with Crippen molar-refractivity contribution < 1.29 is 0 Å². The molecular weight excluding hydrogens is 221 g/mol. The van der Waals surface area contributed by atoms with Crippen LogP contribution in [0.5, 0.6) is 0 Å². The van der Waals surface area contributed by atoms with Crippen molar-refractivity contribution in [2.75, 3.05) is 0 Å². The van der Waals surface area contributed by atoms with E-state index in [0.717, 1.165) is 22.5 Å². The van der Waals surface area contributed by atoms with E-state index in [1.165, 1.54) is 0 Å². The van der Waals surface area contributed by atoms with Gasteiger partial charge in [0.1, 0.15) is 10.3 Å². The van der Waals surface area contributed by atoms with Gasteiger partial charge in [-0.05, 0) is 20.8 Å². The SMILES string of the molecule is Cc1nn2c(Cl)c(C)c(Cl)nc2c1C. The number of hydrogen-bond acceptors (Lipinski definition) is 2. The fourth-order valence-electron chi connectivity index (χ4n) is 1.28. The Morgan fingerprint density at radius 3 is 2.36 bits per heavy atom. The highest BCUT2D eigenvalue weighted by Crippen LogP contribution is 2.25. The van der Waals surface area contributed by atoms with Crippen molar-refractivity contribution in [2.45, 2.75) is 20.8 Å². The van der Waals surface area contributed by atoms with Gasteiger partial charge in [0.2, 0.25) is 0 Å². The number of aromatic nitrogens is 3. The van der Waals surface area contributed by atoms with Crippen molar-refractivity contribution >= 4 is 28.8 Å². The third-order valence-corrected chi connectivity index (χ3v) is 3.15. The van der Waals surface area contributed by atoms with Gasteiger partial charge >= 0.3 is 0 Å². The topological polar surface area (TPSA) is 30.2 Å². The third-order valence-electron chi connectivity index (χ3n) is 2.34. The van der Waals surface area contributed by atoms with Gasteiger partial charge in [0.15, 0.2) is 5.65 Å². The zero-order valence-corrected chi connectivity index (χ0v) is 9.61. The predicted octanol–water partition coefficient (Wildman–Crippen LogP) is 2.96. The van der Waals surface area contributed by atoms with Crippen LogP contribution in [-0.4, -0.2) is 14.6 Å². The summed E-state index contributed by atoms with van der Waals surface area (Å²) in [4.78, 5) is 4.24. The van der Waals surface area contributed by atoms with Crippen LogP contribution < -0.4 is 0 Å². The van der Waals surface area contributed by atoms with E-state index in [2.05, 4.69) is 10.1 Å². The first-order valence-electron chi connectivity index (χ1n) is 4.20. The second-order valence-electron chi connectivity index (χ2n) is 3.26. The lowest BCUT2D eigenvalue weighted by atomic mass is 10.3. The Hall–Kier alpha value is -0.800. The van der Waals surface area contributed by atoms with E-state index in [9.17, 15) is 0 Å². The summed E-state index contributed by atoms with van der Waals surface area (Å²) < 4.78 is 1.62. The largest absolute Gasteiger partial charge is 0.216 e. The first-order valence-corrected chi connectivity index (χ1v) is 4.95. The first kappa shape index (κ1) is 9.74. The van der Waals surface area contributed by atoms with Crippen LogP contribution in [0.25, 0.3) is 5.65 Å². The Morgan fingerprint density at radius 1 is 1.07 bits per heavy atom. The Balaban J connectivity index is 2.98. The fourth-order valence-corrected chi connectivity index (χ4v) is 1.71. The standard InChI is InChI=1S/C9H9Cl2N3/c1-4-6(3)13-14-8(11)5(2)7(10)12-9(4)14/h1-3H3. The summed E-state index contributed by atoms with van der Waals surface area (Å²) >= 11 is 12.0. The van der Waals surface area contributed by atoms with E-state index in [0.29, 0.717) is 10.3 Å². The minimum absolute atomic E-state index is 0.436. The number of nitrogens with zero attached hydrogens (tertiary/aromatic N) is 3. The highest BCUT2D eigenvalue weighted by Gasteiger charge is 2.13. The molecule has 3 nitrogen and oxygen atoms in total. The molecule has 14 heavy (non-hydrogen) atoms. The molecule has 0 saturated carbocycles. The molecule has 0 fully saturated rings. The van der Waals surface area contributed by atoms with Crippen LogP contribution in [-0.2, 0) is 0 Å². The van der Waals surface area contributed by atoms with E-state index in [1.807, 2.05) is 20.8 Å². The van der Waals surface area contributed by atoms with Crippen molar-refractivity contribution in [3.63, 3.8) is 0 Å². The molecule has 2 aromatic heterocycles. The molecule has 0 bridgehead atoms. The van der Waals surface area contributed by atoms with Crippen molar-refractivity contribution in [3.8, 4) is 0 Å². The maximum Gasteiger partial charge on any atom is 0.161 e. The molecule has 0 N–H and O–H groups in total. The second kappa shape index (κ2) is 3.11. The summed E-state index contributed by atoms with van der Waals surface area (Å²) in [6.07, 6.45) is 0. The highest BCUT2D eigenvalue weighted by molar-refractivity contribution is 6.34. The summed E-state index contributed by atoms with van der Waals surface area (Å²) in [5, 5.41) is 5.24. The molecule has 0 radical (unpaired) electrons. The lowest BCUT2D eigenvalue weighted by Crippen LogP contribution is -1.96. The summed E-state index contributed by atoms with van der Waals surface area (Å²) in [7, 11) is 0. The molecule has 0 aromatic carbocycles. The van der Waals surface area contributed by atoms with Crippen molar-refractivity contribution in [3.05, 3.63) is 27.1 Å². The number of hydrogen-bond donors (Lipinski definition) is 0. The molecule has 2 aromatic rings. The maximum absolute atomic E-state index is 6.09. The summed E-state index contributed by atoms with van der Waals surface area (Å²) in [6, 6.07) is 0.